The fourth-order valence-corrected chi connectivity index (χ4v) is 6.19. The van der Waals surface area contributed by atoms with E-state index in [1.165, 1.54) is 45.6 Å². The van der Waals surface area contributed by atoms with Crippen LogP contribution in [0.4, 0.5) is 13.2 Å². The van der Waals surface area contributed by atoms with Crippen LogP contribution in [0.3, 0.4) is 0 Å². The minimum atomic E-state index is -4.46. The van der Waals surface area contributed by atoms with E-state index >= 15 is 0 Å². The van der Waals surface area contributed by atoms with Gasteiger partial charge in [0.15, 0.2) is 23.0 Å². The van der Waals surface area contributed by atoms with Gasteiger partial charge in [-0.25, -0.2) is 0 Å². The van der Waals surface area contributed by atoms with Gasteiger partial charge in [0.05, 0.1) is 45.5 Å². The Morgan fingerprint density at radius 2 is 1.55 bits per heavy atom. The van der Waals surface area contributed by atoms with Gasteiger partial charge in [-0.15, -0.1) is 0 Å². The number of cyclic esters (lactones) is 1. The van der Waals surface area contributed by atoms with Crippen molar-refractivity contribution < 1.29 is 51.2 Å². The summed E-state index contributed by atoms with van der Waals surface area (Å²) in [6.45, 7) is 0.0841. The number of carbonyl (C=O) groups is 2. The van der Waals surface area contributed by atoms with E-state index in [2.05, 4.69) is 5.32 Å². The quantitative estimate of drug-likeness (QED) is 0.285. The number of halogens is 3. The van der Waals surface area contributed by atoms with E-state index in [-0.39, 0.29) is 13.4 Å². The second-order valence-corrected chi connectivity index (χ2v) is 10.5. The van der Waals surface area contributed by atoms with E-state index in [1.807, 2.05) is 6.07 Å². The van der Waals surface area contributed by atoms with Gasteiger partial charge < -0.3 is 33.7 Å². The minimum absolute atomic E-state index is 0.0227. The molecule has 12 heteroatoms. The molecule has 1 N–H and O–H groups in total. The van der Waals surface area contributed by atoms with Crippen LogP contribution in [0.2, 0.25) is 0 Å². The van der Waals surface area contributed by atoms with Crippen molar-refractivity contribution in [3.05, 3.63) is 82.4 Å². The number of methoxy groups -OCH3 is 3. The van der Waals surface area contributed by atoms with Crippen LogP contribution in [-0.4, -0.2) is 46.6 Å². The molecule has 2 aliphatic heterocycles. The van der Waals surface area contributed by atoms with Crippen LogP contribution in [0.15, 0.2) is 54.6 Å². The molecule has 0 bridgehead atoms. The zero-order valence-electron chi connectivity index (χ0n) is 23.9. The van der Waals surface area contributed by atoms with Crippen LogP contribution in [0.25, 0.3) is 6.08 Å². The minimum Gasteiger partial charge on any atom is -0.493 e. The van der Waals surface area contributed by atoms with Crippen molar-refractivity contribution in [1.82, 2.24) is 5.32 Å². The van der Waals surface area contributed by atoms with Gasteiger partial charge in [-0.2, -0.15) is 13.2 Å². The van der Waals surface area contributed by atoms with E-state index in [0.29, 0.717) is 45.4 Å². The maximum atomic E-state index is 13.3. The molecule has 3 aromatic carbocycles. The number of alkyl halides is 3. The maximum Gasteiger partial charge on any atom is 0.416 e. The maximum absolute atomic E-state index is 13.3. The highest BCUT2D eigenvalue weighted by molar-refractivity contribution is 5.92. The van der Waals surface area contributed by atoms with Crippen LogP contribution in [0.1, 0.15) is 39.8 Å². The molecule has 4 atom stereocenters. The second-order valence-electron chi connectivity index (χ2n) is 10.5. The molecule has 6 rings (SSSR count). The lowest BCUT2D eigenvalue weighted by molar-refractivity contribution is -0.141. The summed E-state index contributed by atoms with van der Waals surface area (Å²) in [4.78, 5) is 26.5. The zero-order valence-corrected chi connectivity index (χ0v) is 23.9. The molecule has 0 saturated carbocycles. The van der Waals surface area contributed by atoms with Crippen LogP contribution in [0, 0.1) is 11.8 Å². The monoisotopic (exact) mass is 611 g/mol. The van der Waals surface area contributed by atoms with Crippen molar-refractivity contribution >= 4 is 18.0 Å². The summed E-state index contributed by atoms with van der Waals surface area (Å²) >= 11 is 0. The Bertz CT molecular complexity index is 1610. The van der Waals surface area contributed by atoms with Crippen molar-refractivity contribution in [3.8, 4) is 28.7 Å². The highest BCUT2D eigenvalue weighted by atomic mass is 19.4. The molecular weight excluding hydrogens is 583 g/mol. The topological polar surface area (TPSA) is 102 Å². The summed E-state index contributed by atoms with van der Waals surface area (Å²) in [6.07, 6.45) is -1.79. The smallest absolute Gasteiger partial charge is 0.416 e. The molecule has 0 radical (unpaired) electrons. The van der Waals surface area contributed by atoms with E-state index in [0.717, 1.165) is 17.7 Å². The van der Waals surface area contributed by atoms with Gasteiger partial charge in [0.1, 0.15) is 0 Å². The predicted octanol–water partition coefficient (Wildman–Crippen LogP) is 5.27. The highest BCUT2D eigenvalue weighted by Crippen LogP contribution is 2.55. The summed E-state index contributed by atoms with van der Waals surface area (Å²) in [7, 11) is 4.51. The Balaban J connectivity index is 1.39. The molecule has 44 heavy (non-hydrogen) atoms. The van der Waals surface area contributed by atoms with Crippen molar-refractivity contribution in [1.29, 1.82) is 0 Å². The number of hydrogen-bond donors (Lipinski definition) is 1. The molecule has 0 unspecified atom stereocenters. The van der Waals surface area contributed by atoms with Gasteiger partial charge in [-0.1, -0.05) is 12.1 Å². The van der Waals surface area contributed by atoms with Crippen LogP contribution >= 0.6 is 0 Å². The highest BCUT2D eigenvalue weighted by Gasteiger charge is 2.53. The first-order chi connectivity index (χ1) is 21.1. The number of ether oxygens (including phenoxy) is 6. The first-order valence-electron chi connectivity index (χ1n) is 13.7. The van der Waals surface area contributed by atoms with E-state index in [1.54, 1.807) is 18.2 Å². The van der Waals surface area contributed by atoms with Crippen molar-refractivity contribution in [2.75, 3.05) is 34.7 Å². The lowest BCUT2D eigenvalue weighted by Gasteiger charge is -2.39. The van der Waals surface area contributed by atoms with E-state index < -0.39 is 47.4 Å². The number of amides is 1. The summed E-state index contributed by atoms with van der Waals surface area (Å²) in [5.74, 6) is -0.363. The molecule has 3 aliphatic rings. The first kappa shape index (κ1) is 29.2. The molecular formula is C32H28F3NO8. The van der Waals surface area contributed by atoms with Crippen LogP contribution < -0.4 is 29.0 Å². The zero-order chi connectivity index (χ0) is 31.2. The molecule has 0 aromatic heterocycles. The third-order valence-electron chi connectivity index (χ3n) is 8.20. The van der Waals surface area contributed by atoms with Crippen LogP contribution in [-0.2, 0) is 20.5 Å². The largest absolute Gasteiger partial charge is 0.493 e. The summed E-state index contributed by atoms with van der Waals surface area (Å²) < 4.78 is 72.3. The second kappa shape index (κ2) is 11.3. The average Bonchev–Trinajstić information content (AvgIpc) is 3.64. The fraction of sp³-hybridized carbons (Fsp3) is 0.312. The number of hydrogen-bond acceptors (Lipinski definition) is 8. The molecule has 2 heterocycles. The number of rotatable bonds is 7. The van der Waals surface area contributed by atoms with Crippen LogP contribution in [0.5, 0.6) is 28.7 Å². The molecule has 9 nitrogen and oxygen atoms in total. The predicted molar refractivity (Wildman–Crippen MR) is 150 cm³/mol. The van der Waals surface area contributed by atoms with Gasteiger partial charge in [-0.3, -0.25) is 9.59 Å². The number of fused-ring (bicyclic) bond motifs is 3. The Kier molecular flexibility index (Phi) is 7.52. The average molecular weight is 612 g/mol. The molecule has 1 amide bonds. The summed E-state index contributed by atoms with van der Waals surface area (Å²) in [6, 6.07) is 11.0. The molecule has 1 saturated heterocycles. The molecule has 0 spiro atoms. The van der Waals surface area contributed by atoms with Gasteiger partial charge in [-0.05, 0) is 64.7 Å². The van der Waals surface area contributed by atoms with Gasteiger partial charge in [0, 0.05) is 17.9 Å². The Morgan fingerprint density at radius 3 is 2.14 bits per heavy atom. The molecule has 1 aliphatic carbocycles. The van der Waals surface area contributed by atoms with Gasteiger partial charge in [0.2, 0.25) is 18.4 Å². The SMILES string of the molecule is COc1cc([C@@H]2c3cc4c(cc3[C@@H](NC(=O)/C=C/c3ccc(C(F)(F)F)cc3)[C@H]3COC(=O)[C@H]23)OCO4)cc(OC)c1OC. The number of esters is 1. The Hall–Kier alpha value is -4.87. The lowest BCUT2D eigenvalue weighted by atomic mass is 9.65. The van der Waals surface area contributed by atoms with Crippen molar-refractivity contribution in [2.24, 2.45) is 11.8 Å². The third-order valence-corrected chi connectivity index (χ3v) is 8.20. The lowest BCUT2D eigenvalue weighted by Crippen LogP contribution is -2.42. The standard InChI is InChI=1S/C32H28F3NO8/c1-39-24-10-17(11-25(40-2)30(24)41-3)27-19-12-22-23(44-15-43-22)13-20(19)29(21-14-42-31(38)28(21)27)36-26(37)9-6-16-4-7-18(8-5-16)32(33,34)35/h4-13,21,27-29H,14-15H2,1-3H3,(H,36,37)/b9-6+/t21-,27+,28-,29+/m0/s1. The third kappa shape index (κ3) is 5.14. The number of nitrogens with one attached hydrogen (secondary N) is 1. The van der Waals surface area contributed by atoms with E-state index in [9.17, 15) is 22.8 Å². The molecule has 3 aromatic rings. The normalized spacial score (nSPS) is 21.8. The fourth-order valence-electron chi connectivity index (χ4n) is 6.19. The summed E-state index contributed by atoms with van der Waals surface area (Å²) in [5, 5.41) is 3.00. The number of carbonyl (C=O) groups excluding carboxylic acids is 2. The van der Waals surface area contributed by atoms with Gasteiger partial charge in [0.25, 0.3) is 0 Å². The van der Waals surface area contributed by atoms with Crippen molar-refractivity contribution in [2.45, 2.75) is 18.1 Å². The van der Waals surface area contributed by atoms with E-state index in [4.69, 9.17) is 28.4 Å². The number of benzene rings is 3. The summed E-state index contributed by atoms with van der Waals surface area (Å²) in [5.41, 5.74) is 1.78. The first-order valence-corrected chi connectivity index (χ1v) is 13.7. The van der Waals surface area contributed by atoms with Gasteiger partial charge >= 0.3 is 12.1 Å². The Morgan fingerprint density at radius 1 is 0.909 bits per heavy atom. The van der Waals surface area contributed by atoms with Crippen molar-refractivity contribution in [3.63, 3.8) is 0 Å². The Labute approximate surface area is 250 Å². The molecule has 230 valence electrons. The molecule has 1 fully saturated rings.